The van der Waals surface area contributed by atoms with Crippen LogP contribution in [0, 0.1) is 5.21 Å². The minimum atomic E-state index is -4.99. The van der Waals surface area contributed by atoms with E-state index < -0.39 is 41.4 Å². The van der Waals surface area contributed by atoms with Gasteiger partial charge in [-0.3, -0.25) is 5.32 Å². The summed E-state index contributed by atoms with van der Waals surface area (Å²) in [4.78, 5) is 0. The summed E-state index contributed by atoms with van der Waals surface area (Å²) in [6.07, 6.45) is -7.37. The normalized spacial score (nSPS) is 24.4. The molecule has 0 aromatic heterocycles. The van der Waals surface area contributed by atoms with Crippen molar-refractivity contribution < 1.29 is 31.1 Å². The van der Waals surface area contributed by atoms with E-state index in [1.54, 1.807) is 6.26 Å². The third-order valence-electron chi connectivity index (χ3n) is 4.69. The lowest BCUT2D eigenvalue weighted by atomic mass is 9.94. The number of hydrogen-bond acceptors (Lipinski definition) is 6. The second kappa shape index (κ2) is 9.00. The van der Waals surface area contributed by atoms with Crippen molar-refractivity contribution in [3.05, 3.63) is 62.8 Å². The van der Waals surface area contributed by atoms with Gasteiger partial charge in [0.2, 0.25) is 0 Å². The van der Waals surface area contributed by atoms with E-state index in [1.807, 2.05) is 0 Å². The molecule has 3 rings (SSSR count). The molecule has 0 fully saturated rings. The van der Waals surface area contributed by atoms with Crippen LogP contribution in [-0.2, 0) is 23.5 Å². The van der Waals surface area contributed by atoms with Gasteiger partial charge in [-0.1, -0.05) is 11.6 Å². The summed E-state index contributed by atoms with van der Waals surface area (Å²) in [5.41, 5.74) is -3.47. The lowest BCUT2D eigenvalue weighted by Crippen LogP contribution is -2.46. The number of nitrogens with zero attached hydrogens (tertiary/aromatic N) is 1. The molecule has 2 aliphatic rings. The summed E-state index contributed by atoms with van der Waals surface area (Å²) >= 11 is 7.33. The van der Waals surface area contributed by atoms with Crippen LogP contribution in [0.15, 0.2) is 40.9 Å². The Morgan fingerprint density at radius 3 is 2.32 bits per heavy atom. The molecule has 2 heterocycles. The Morgan fingerprint density at radius 2 is 1.77 bits per heavy atom. The molecule has 2 atom stereocenters. The fraction of sp³-hybridized carbons (Fsp3) is 0.444. The van der Waals surface area contributed by atoms with E-state index in [4.69, 9.17) is 16.3 Å². The summed E-state index contributed by atoms with van der Waals surface area (Å²) in [6.45, 7) is 0.451. The molecule has 2 N–H and O–H groups in total. The highest BCUT2D eigenvalue weighted by atomic mass is 35.5. The van der Waals surface area contributed by atoms with Gasteiger partial charge < -0.3 is 20.3 Å². The lowest BCUT2D eigenvalue weighted by Gasteiger charge is -2.43. The van der Waals surface area contributed by atoms with Crippen LogP contribution in [0.5, 0.6) is 0 Å². The smallest absolute Gasteiger partial charge is 0.416 e. The average Bonchev–Trinajstić information content (AvgIpc) is 2.69. The van der Waals surface area contributed by atoms with Gasteiger partial charge >= 0.3 is 12.4 Å². The third-order valence-corrected chi connectivity index (χ3v) is 5.68. The minimum Gasteiger partial charge on any atom is -0.757 e. The second-order valence-corrected chi connectivity index (χ2v) is 8.13. The Labute approximate surface area is 183 Å². The fourth-order valence-electron chi connectivity index (χ4n) is 3.23. The van der Waals surface area contributed by atoms with E-state index >= 15 is 0 Å². The van der Waals surface area contributed by atoms with Crippen LogP contribution < -0.4 is 10.6 Å². The number of thioether (sulfide) groups is 1. The zero-order valence-electron chi connectivity index (χ0n) is 15.9. The van der Waals surface area contributed by atoms with Crippen LogP contribution >= 0.6 is 23.4 Å². The first-order valence-electron chi connectivity index (χ1n) is 8.89. The number of ether oxygens (including phenoxy) is 1. The van der Waals surface area contributed by atoms with Crippen LogP contribution in [0.1, 0.15) is 16.7 Å². The summed E-state index contributed by atoms with van der Waals surface area (Å²) < 4.78 is 85.0. The van der Waals surface area contributed by atoms with E-state index in [0.717, 1.165) is 0 Å². The fourth-order valence-corrected chi connectivity index (χ4v) is 3.99. The summed E-state index contributed by atoms with van der Waals surface area (Å²) in [7, 11) is 0. The van der Waals surface area contributed by atoms with Gasteiger partial charge in [0.25, 0.3) is 0 Å². The van der Waals surface area contributed by atoms with E-state index in [0.29, 0.717) is 29.4 Å². The molecule has 0 aliphatic carbocycles. The SMILES string of the molecule is CSC1/C=C(/Cl)N([O-])C(Cc2cc(C(F)(F)F)cc(C(F)(F)F)c2)C2=C(NCNC2)O1. The Bertz CT molecular complexity index is 858. The maximum atomic E-state index is 13.2. The van der Waals surface area contributed by atoms with E-state index in [1.165, 1.54) is 17.8 Å². The van der Waals surface area contributed by atoms with Crippen molar-refractivity contribution >= 4 is 23.4 Å². The van der Waals surface area contributed by atoms with Crippen molar-refractivity contribution in [2.24, 2.45) is 0 Å². The number of halogens is 7. The molecular weight excluding hydrogens is 472 g/mol. The van der Waals surface area contributed by atoms with E-state index in [2.05, 4.69) is 10.6 Å². The zero-order valence-corrected chi connectivity index (χ0v) is 17.5. The molecule has 1 aromatic carbocycles. The molecule has 13 heteroatoms. The molecule has 0 radical (unpaired) electrons. The number of rotatable bonds is 3. The van der Waals surface area contributed by atoms with Crippen LogP contribution in [0.25, 0.3) is 0 Å². The van der Waals surface area contributed by atoms with Crippen molar-refractivity contribution in [2.45, 2.75) is 30.3 Å². The number of nitrogens with one attached hydrogen (secondary N) is 2. The van der Waals surface area contributed by atoms with E-state index in [-0.39, 0.29) is 29.2 Å². The molecule has 31 heavy (non-hydrogen) atoms. The molecule has 1 aromatic rings. The van der Waals surface area contributed by atoms with Crippen molar-refractivity contribution in [1.82, 2.24) is 15.7 Å². The topological polar surface area (TPSA) is 59.6 Å². The summed E-state index contributed by atoms with van der Waals surface area (Å²) in [6, 6.07) is 0.0694. The Kier molecular flexibility index (Phi) is 6.94. The lowest BCUT2D eigenvalue weighted by molar-refractivity contribution is -0.143. The number of benzene rings is 1. The largest absolute Gasteiger partial charge is 0.757 e. The second-order valence-electron chi connectivity index (χ2n) is 6.81. The summed E-state index contributed by atoms with van der Waals surface area (Å²) in [5, 5.41) is 18.9. The predicted octanol–water partition coefficient (Wildman–Crippen LogP) is 4.60. The van der Waals surface area contributed by atoms with Crippen molar-refractivity contribution in [3.63, 3.8) is 0 Å². The van der Waals surface area contributed by atoms with Gasteiger partial charge in [0.05, 0.1) is 29.0 Å². The Hall–Kier alpha value is -1.76. The van der Waals surface area contributed by atoms with Crippen LogP contribution in [0.3, 0.4) is 0 Å². The van der Waals surface area contributed by atoms with Crippen molar-refractivity contribution in [1.29, 1.82) is 0 Å². The minimum absolute atomic E-state index is 0.0457. The molecule has 0 saturated heterocycles. The van der Waals surface area contributed by atoms with Crippen LogP contribution in [-0.4, -0.2) is 36.0 Å². The molecule has 172 valence electrons. The predicted molar refractivity (Wildman–Crippen MR) is 104 cm³/mol. The van der Waals surface area contributed by atoms with Gasteiger partial charge in [0.1, 0.15) is 0 Å². The molecule has 2 unspecified atom stereocenters. The van der Waals surface area contributed by atoms with Gasteiger partial charge in [0, 0.05) is 18.2 Å². The first kappa shape index (κ1) is 23.9. The summed E-state index contributed by atoms with van der Waals surface area (Å²) in [5.74, 6) is 0.243. The molecule has 2 aliphatic heterocycles. The van der Waals surface area contributed by atoms with Gasteiger partial charge in [-0.2, -0.15) is 26.3 Å². The molecule has 5 nitrogen and oxygen atoms in total. The van der Waals surface area contributed by atoms with Gasteiger partial charge in [-0.05, 0) is 36.4 Å². The highest BCUT2D eigenvalue weighted by molar-refractivity contribution is 7.99. The first-order valence-corrected chi connectivity index (χ1v) is 10.6. The quantitative estimate of drug-likeness (QED) is 0.479. The highest BCUT2D eigenvalue weighted by Gasteiger charge is 2.37. The Balaban J connectivity index is 2.06. The molecule has 0 saturated carbocycles. The molecule has 0 spiro atoms. The number of hydrogen-bond donors (Lipinski definition) is 2. The van der Waals surface area contributed by atoms with E-state index in [9.17, 15) is 31.5 Å². The monoisotopic (exact) mass is 488 g/mol. The van der Waals surface area contributed by atoms with Gasteiger partial charge in [-0.15, -0.1) is 11.8 Å². The maximum absolute atomic E-state index is 13.2. The molecule has 0 amide bonds. The molecular formula is C18H17ClF6N3O2S-. The van der Waals surface area contributed by atoms with Gasteiger partial charge in [0.15, 0.2) is 11.3 Å². The highest BCUT2D eigenvalue weighted by Crippen LogP contribution is 2.38. The van der Waals surface area contributed by atoms with Crippen LogP contribution in [0.4, 0.5) is 26.3 Å². The third kappa shape index (κ3) is 5.54. The maximum Gasteiger partial charge on any atom is 0.416 e. The zero-order chi connectivity index (χ0) is 23.0. The average molecular weight is 489 g/mol. The van der Waals surface area contributed by atoms with Crippen molar-refractivity contribution in [3.8, 4) is 0 Å². The Morgan fingerprint density at radius 1 is 1.16 bits per heavy atom. The first-order chi connectivity index (χ1) is 14.4. The standard InChI is InChI=1S/C18H17ClF6N3O2S/c1-31-15-6-14(19)28(29)13(12-7-26-8-27-16(12)30-15)4-9-2-10(17(20,21)22)5-11(3-9)18(23,24)25/h2-3,5-6,13,15,26-27H,4,7-8H2,1H3/q-1/b14-6-. The van der Waals surface area contributed by atoms with Crippen molar-refractivity contribution in [2.75, 3.05) is 19.5 Å². The van der Waals surface area contributed by atoms with Gasteiger partial charge in [-0.25, -0.2) is 0 Å². The van der Waals surface area contributed by atoms with Crippen LogP contribution in [0.2, 0.25) is 0 Å². The number of hydroxylamine groups is 2. The molecule has 0 bridgehead atoms. The number of alkyl halides is 6.